The van der Waals surface area contributed by atoms with Crippen molar-refractivity contribution in [2.24, 2.45) is 0 Å². The number of carbonyl (C=O) groups excluding carboxylic acids is 1. The van der Waals surface area contributed by atoms with E-state index in [0.717, 1.165) is 18.2 Å². The first kappa shape index (κ1) is 11.6. The molecule has 0 radical (unpaired) electrons. The summed E-state index contributed by atoms with van der Waals surface area (Å²) < 4.78 is 26.7. The summed E-state index contributed by atoms with van der Waals surface area (Å²) in [6, 6.07) is 10.3. The van der Waals surface area contributed by atoms with Gasteiger partial charge in [-0.1, -0.05) is 18.2 Å². The Morgan fingerprint density at radius 3 is 2.68 bits per heavy atom. The fraction of sp³-hybridized carbons (Fsp3) is 0. The van der Waals surface area contributed by atoms with E-state index in [9.17, 15) is 13.6 Å². The van der Waals surface area contributed by atoms with Crippen LogP contribution in [0.15, 0.2) is 42.5 Å². The van der Waals surface area contributed by atoms with Crippen LogP contribution < -0.4 is 5.32 Å². The number of para-hydroxylation sites is 1. The van der Waals surface area contributed by atoms with Gasteiger partial charge < -0.3 is 5.32 Å². The van der Waals surface area contributed by atoms with E-state index in [0.29, 0.717) is 16.8 Å². The minimum atomic E-state index is -0.564. The Morgan fingerprint density at radius 1 is 1.05 bits per heavy atom. The van der Waals surface area contributed by atoms with Gasteiger partial charge in [0, 0.05) is 22.4 Å². The standard InChI is InChI=1S/C15H9F2NO/c16-10-5-6-13(17)9(7-10)8-12-11-3-1-2-4-14(11)18-15(12)19/h1-8H,(H,18,19). The van der Waals surface area contributed by atoms with Gasteiger partial charge in [-0.15, -0.1) is 0 Å². The third kappa shape index (κ3) is 2.01. The normalized spacial score (nSPS) is 15.5. The van der Waals surface area contributed by atoms with Gasteiger partial charge in [0.1, 0.15) is 11.6 Å². The van der Waals surface area contributed by atoms with Gasteiger partial charge in [0.15, 0.2) is 0 Å². The van der Waals surface area contributed by atoms with E-state index in [1.807, 2.05) is 0 Å². The molecule has 2 aromatic carbocycles. The number of amides is 1. The van der Waals surface area contributed by atoms with Crippen LogP contribution in [-0.4, -0.2) is 5.91 Å². The first-order chi connectivity index (χ1) is 9.15. The second-order valence-corrected chi connectivity index (χ2v) is 4.22. The second-order valence-electron chi connectivity index (χ2n) is 4.22. The first-order valence-electron chi connectivity index (χ1n) is 5.72. The largest absolute Gasteiger partial charge is 0.321 e. The molecular formula is C15H9F2NO. The SMILES string of the molecule is O=C1Nc2ccccc2C1=Cc1cc(F)ccc1F. The number of fused-ring (bicyclic) bond motifs is 1. The zero-order valence-corrected chi connectivity index (χ0v) is 9.78. The molecule has 0 saturated heterocycles. The molecule has 1 heterocycles. The van der Waals surface area contributed by atoms with Crippen molar-refractivity contribution in [2.45, 2.75) is 0 Å². The third-order valence-corrected chi connectivity index (χ3v) is 2.97. The van der Waals surface area contributed by atoms with Crippen LogP contribution in [0.2, 0.25) is 0 Å². The summed E-state index contributed by atoms with van der Waals surface area (Å²) in [4.78, 5) is 11.8. The number of benzene rings is 2. The van der Waals surface area contributed by atoms with Crippen LogP contribution in [-0.2, 0) is 4.79 Å². The number of hydrogen-bond donors (Lipinski definition) is 1. The molecule has 1 aliphatic rings. The van der Waals surface area contributed by atoms with Gasteiger partial charge in [-0.05, 0) is 30.3 Å². The number of anilines is 1. The predicted octanol–water partition coefficient (Wildman–Crippen LogP) is 3.46. The summed E-state index contributed by atoms with van der Waals surface area (Å²) in [5, 5.41) is 2.68. The van der Waals surface area contributed by atoms with Crippen molar-refractivity contribution in [3.05, 3.63) is 65.2 Å². The zero-order chi connectivity index (χ0) is 13.4. The highest BCUT2D eigenvalue weighted by atomic mass is 19.1. The first-order valence-corrected chi connectivity index (χ1v) is 5.72. The summed E-state index contributed by atoms with van der Waals surface area (Å²) in [5.41, 5.74) is 1.76. The second kappa shape index (κ2) is 4.31. The van der Waals surface area contributed by atoms with Crippen molar-refractivity contribution in [3.8, 4) is 0 Å². The van der Waals surface area contributed by atoms with Gasteiger partial charge in [-0.2, -0.15) is 0 Å². The van der Waals surface area contributed by atoms with Gasteiger partial charge in [-0.25, -0.2) is 8.78 Å². The Morgan fingerprint density at radius 2 is 1.84 bits per heavy atom. The third-order valence-electron chi connectivity index (χ3n) is 2.97. The van der Waals surface area contributed by atoms with Crippen molar-refractivity contribution in [1.29, 1.82) is 0 Å². The summed E-state index contributed by atoms with van der Waals surface area (Å²) in [7, 11) is 0. The average molecular weight is 257 g/mol. The molecule has 4 heteroatoms. The molecule has 0 saturated carbocycles. The van der Waals surface area contributed by atoms with Crippen molar-refractivity contribution < 1.29 is 13.6 Å². The van der Waals surface area contributed by atoms with E-state index in [1.54, 1.807) is 24.3 Å². The minimum absolute atomic E-state index is 0.0573. The molecule has 1 aliphatic heterocycles. The molecule has 2 aromatic rings. The maximum absolute atomic E-state index is 13.6. The number of carbonyl (C=O) groups is 1. The zero-order valence-electron chi connectivity index (χ0n) is 9.78. The number of halogens is 2. The lowest BCUT2D eigenvalue weighted by Gasteiger charge is -2.00. The Hall–Kier alpha value is -2.49. The lowest BCUT2D eigenvalue weighted by atomic mass is 10.0. The Bertz CT molecular complexity index is 707. The van der Waals surface area contributed by atoms with Crippen molar-refractivity contribution in [2.75, 3.05) is 5.32 Å². The number of rotatable bonds is 1. The molecule has 0 atom stereocenters. The summed E-state index contributed by atoms with van der Waals surface area (Å²) in [6.45, 7) is 0. The van der Waals surface area contributed by atoms with Gasteiger partial charge >= 0.3 is 0 Å². The highest BCUT2D eigenvalue weighted by Crippen LogP contribution is 2.33. The van der Waals surface area contributed by atoms with Gasteiger partial charge in [-0.3, -0.25) is 4.79 Å². The molecule has 94 valence electrons. The molecule has 1 N–H and O–H groups in total. The quantitative estimate of drug-likeness (QED) is 0.779. The fourth-order valence-electron chi connectivity index (χ4n) is 2.06. The van der Waals surface area contributed by atoms with Gasteiger partial charge in [0.25, 0.3) is 5.91 Å². The summed E-state index contributed by atoms with van der Waals surface area (Å²) in [6.07, 6.45) is 1.36. The van der Waals surface area contributed by atoms with Crippen LogP contribution in [0.5, 0.6) is 0 Å². The molecule has 3 rings (SSSR count). The van der Waals surface area contributed by atoms with Crippen LogP contribution in [0.3, 0.4) is 0 Å². The lowest BCUT2D eigenvalue weighted by molar-refractivity contribution is -0.110. The molecule has 0 fully saturated rings. The van der Waals surface area contributed by atoms with Gasteiger partial charge in [0.2, 0.25) is 0 Å². The highest BCUT2D eigenvalue weighted by Gasteiger charge is 2.23. The van der Waals surface area contributed by atoms with Crippen LogP contribution in [0.4, 0.5) is 14.5 Å². The minimum Gasteiger partial charge on any atom is -0.321 e. The number of nitrogens with one attached hydrogen (secondary N) is 1. The van der Waals surface area contributed by atoms with Crippen LogP contribution in [0.25, 0.3) is 11.6 Å². The van der Waals surface area contributed by atoms with Crippen LogP contribution >= 0.6 is 0 Å². The van der Waals surface area contributed by atoms with E-state index >= 15 is 0 Å². The van der Waals surface area contributed by atoms with Crippen molar-refractivity contribution in [3.63, 3.8) is 0 Å². The molecule has 0 spiro atoms. The molecule has 2 nitrogen and oxygen atoms in total. The fourth-order valence-corrected chi connectivity index (χ4v) is 2.06. The topological polar surface area (TPSA) is 29.1 Å². The van der Waals surface area contributed by atoms with E-state index in [1.165, 1.54) is 6.08 Å². The summed E-state index contributed by atoms with van der Waals surface area (Å²) in [5.74, 6) is -1.42. The Labute approximate surface area is 108 Å². The average Bonchev–Trinajstić information content (AvgIpc) is 2.71. The van der Waals surface area contributed by atoms with Crippen molar-refractivity contribution in [1.82, 2.24) is 0 Å². The van der Waals surface area contributed by atoms with Crippen molar-refractivity contribution >= 4 is 23.2 Å². The smallest absolute Gasteiger partial charge is 0.256 e. The Kier molecular flexibility index (Phi) is 2.63. The molecule has 0 aromatic heterocycles. The van der Waals surface area contributed by atoms with E-state index < -0.39 is 11.6 Å². The number of hydrogen-bond acceptors (Lipinski definition) is 1. The molecule has 0 unspecified atom stereocenters. The maximum atomic E-state index is 13.6. The lowest BCUT2D eigenvalue weighted by Crippen LogP contribution is -2.03. The molecule has 0 bridgehead atoms. The van der Waals surface area contributed by atoms with Crippen LogP contribution in [0, 0.1) is 11.6 Å². The monoisotopic (exact) mass is 257 g/mol. The van der Waals surface area contributed by atoms with E-state index in [-0.39, 0.29) is 11.5 Å². The predicted molar refractivity (Wildman–Crippen MR) is 69.3 cm³/mol. The molecule has 1 amide bonds. The molecule has 0 aliphatic carbocycles. The Balaban J connectivity index is 2.14. The van der Waals surface area contributed by atoms with Crippen LogP contribution in [0.1, 0.15) is 11.1 Å². The summed E-state index contributed by atoms with van der Waals surface area (Å²) >= 11 is 0. The molecule has 19 heavy (non-hydrogen) atoms. The van der Waals surface area contributed by atoms with E-state index in [2.05, 4.69) is 5.32 Å². The van der Waals surface area contributed by atoms with Gasteiger partial charge in [0.05, 0.1) is 0 Å². The van der Waals surface area contributed by atoms with E-state index in [4.69, 9.17) is 0 Å². The highest BCUT2D eigenvalue weighted by molar-refractivity contribution is 6.34. The molecular weight excluding hydrogens is 248 g/mol. The maximum Gasteiger partial charge on any atom is 0.256 e.